The van der Waals surface area contributed by atoms with Crippen molar-refractivity contribution >= 4 is 5.57 Å². The Morgan fingerprint density at radius 3 is 2.46 bits per heavy atom. The molecular weight excluding hydrogens is 324 g/mol. The zero-order chi connectivity index (χ0) is 18.0. The maximum atomic E-state index is 6.44. The minimum Gasteiger partial charge on any atom is -0.483 e. The SMILES string of the molecule is CCCC1(CC)C=C(c2ccc(-c3nnn[nH]3)cc2)c2ccccc2O1. The van der Waals surface area contributed by atoms with E-state index >= 15 is 0 Å². The highest BCUT2D eigenvalue weighted by Gasteiger charge is 2.33. The second kappa shape index (κ2) is 6.75. The van der Waals surface area contributed by atoms with E-state index in [1.54, 1.807) is 0 Å². The number of nitrogens with one attached hydrogen (secondary N) is 1. The maximum Gasteiger partial charge on any atom is 0.179 e. The molecule has 0 radical (unpaired) electrons. The molecule has 132 valence electrons. The first-order valence-electron chi connectivity index (χ1n) is 9.10. The fourth-order valence-corrected chi connectivity index (χ4v) is 3.59. The van der Waals surface area contributed by atoms with Gasteiger partial charge in [0, 0.05) is 11.1 Å². The highest BCUT2D eigenvalue weighted by molar-refractivity contribution is 5.85. The van der Waals surface area contributed by atoms with Crippen molar-refractivity contribution in [1.82, 2.24) is 20.6 Å². The van der Waals surface area contributed by atoms with Gasteiger partial charge in [0.05, 0.1) is 0 Å². The van der Waals surface area contributed by atoms with Crippen molar-refractivity contribution in [3.05, 3.63) is 65.7 Å². The van der Waals surface area contributed by atoms with Crippen LogP contribution in [0.2, 0.25) is 0 Å². The number of benzene rings is 2. The van der Waals surface area contributed by atoms with Gasteiger partial charge >= 0.3 is 0 Å². The normalized spacial score (nSPS) is 18.8. The third kappa shape index (κ3) is 2.90. The second-order valence-corrected chi connectivity index (χ2v) is 6.65. The summed E-state index contributed by atoms with van der Waals surface area (Å²) in [6, 6.07) is 16.6. The van der Waals surface area contributed by atoms with E-state index in [-0.39, 0.29) is 5.60 Å². The van der Waals surface area contributed by atoms with Crippen molar-refractivity contribution in [3.63, 3.8) is 0 Å². The average molecular weight is 346 g/mol. The number of tetrazole rings is 1. The molecular formula is C21H22N4O. The van der Waals surface area contributed by atoms with Gasteiger partial charge in [-0.3, -0.25) is 0 Å². The summed E-state index contributed by atoms with van der Waals surface area (Å²) in [6.45, 7) is 4.40. The molecule has 1 aliphatic rings. The lowest BCUT2D eigenvalue weighted by molar-refractivity contribution is 0.101. The summed E-state index contributed by atoms with van der Waals surface area (Å²) in [7, 11) is 0. The van der Waals surface area contributed by atoms with Crippen LogP contribution in [0.1, 0.15) is 44.2 Å². The quantitative estimate of drug-likeness (QED) is 0.731. The topological polar surface area (TPSA) is 63.7 Å². The molecule has 2 heterocycles. The van der Waals surface area contributed by atoms with Crippen LogP contribution in [0.4, 0.5) is 0 Å². The summed E-state index contributed by atoms with van der Waals surface area (Å²) in [4.78, 5) is 0. The van der Waals surface area contributed by atoms with Crippen LogP contribution in [0.15, 0.2) is 54.6 Å². The summed E-state index contributed by atoms with van der Waals surface area (Å²) in [5.41, 5.74) is 4.26. The van der Waals surface area contributed by atoms with Crippen molar-refractivity contribution in [2.75, 3.05) is 0 Å². The van der Waals surface area contributed by atoms with E-state index in [1.165, 1.54) is 11.1 Å². The van der Waals surface area contributed by atoms with E-state index in [4.69, 9.17) is 4.74 Å². The molecule has 1 unspecified atom stereocenters. The standard InChI is InChI=1S/C21H22N4O/c1-3-13-21(4-2)14-18(17-7-5-6-8-19(17)26-21)15-9-11-16(12-10-15)20-22-24-25-23-20/h5-12,14H,3-4,13H2,1-2H3,(H,22,23,24,25). The van der Waals surface area contributed by atoms with Crippen LogP contribution in [-0.2, 0) is 0 Å². The third-order valence-corrected chi connectivity index (χ3v) is 4.98. The number of H-pyrrole nitrogens is 1. The Labute approximate surface area is 153 Å². The fraction of sp³-hybridized carbons (Fsp3) is 0.286. The van der Waals surface area contributed by atoms with Gasteiger partial charge in [-0.2, -0.15) is 0 Å². The van der Waals surface area contributed by atoms with Gasteiger partial charge in [-0.05, 0) is 46.5 Å². The molecule has 4 rings (SSSR count). The maximum absolute atomic E-state index is 6.44. The van der Waals surface area contributed by atoms with Crippen LogP contribution in [0.3, 0.4) is 0 Å². The van der Waals surface area contributed by atoms with Gasteiger partial charge in [0.1, 0.15) is 11.4 Å². The van der Waals surface area contributed by atoms with Crippen LogP contribution < -0.4 is 4.74 Å². The van der Waals surface area contributed by atoms with Gasteiger partial charge in [0.2, 0.25) is 0 Å². The average Bonchev–Trinajstić information content (AvgIpc) is 3.22. The first-order valence-corrected chi connectivity index (χ1v) is 9.10. The lowest BCUT2D eigenvalue weighted by atomic mass is 9.84. The summed E-state index contributed by atoms with van der Waals surface area (Å²) < 4.78 is 6.44. The van der Waals surface area contributed by atoms with Crippen LogP contribution in [0.25, 0.3) is 17.0 Å². The van der Waals surface area contributed by atoms with E-state index in [9.17, 15) is 0 Å². The molecule has 1 N–H and O–H groups in total. The highest BCUT2D eigenvalue weighted by atomic mass is 16.5. The van der Waals surface area contributed by atoms with Gasteiger partial charge in [-0.25, -0.2) is 5.10 Å². The minimum atomic E-state index is -0.244. The molecule has 0 spiro atoms. The lowest BCUT2D eigenvalue weighted by Gasteiger charge is -2.36. The number of nitrogens with zero attached hydrogens (tertiary/aromatic N) is 3. The monoisotopic (exact) mass is 346 g/mol. The molecule has 0 amide bonds. The Bertz CT molecular complexity index is 915. The number of hydrogen-bond acceptors (Lipinski definition) is 4. The molecule has 5 heteroatoms. The predicted molar refractivity (Wildman–Crippen MR) is 102 cm³/mol. The Morgan fingerprint density at radius 2 is 1.77 bits per heavy atom. The summed E-state index contributed by atoms with van der Waals surface area (Å²) in [5.74, 6) is 1.63. The van der Waals surface area contributed by atoms with Crippen LogP contribution in [0.5, 0.6) is 5.75 Å². The van der Waals surface area contributed by atoms with Gasteiger partial charge in [-0.15, -0.1) is 5.10 Å². The molecule has 0 aliphatic carbocycles. The number of para-hydroxylation sites is 1. The van der Waals surface area contributed by atoms with Crippen molar-refractivity contribution in [1.29, 1.82) is 0 Å². The zero-order valence-electron chi connectivity index (χ0n) is 15.1. The molecule has 2 aromatic carbocycles. The zero-order valence-corrected chi connectivity index (χ0v) is 15.1. The minimum absolute atomic E-state index is 0.244. The van der Waals surface area contributed by atoms with E-state index in [0.717, 1.165) is 36.1 Å². The number of aromatic nitrogens is 4. The van der Waals surface area contributed by atoms with Crippen molar-refractivity contribution in [3.8, 4) is 17.1 Å². The summed E-state index contributed by atoms with van der Waals surface area (Å²) in [5, 5.41) is 14.1. The Hall–Kier alpha value is -2.95. The van der Waals surface area contributed by atoms with Crippen molar-refractivity contribution < 1.29 is 4.74 Å². The van der Waals surface area contributed by atoms with Crippen molar-refractivity contribution in [2.45, 2.75) is 38.7 Å². The van der Waals surface area contributed by atoms with Crippen molar-refractivity contribution in [2.24, 2.45) is 0 Å². The van der Waals surface area contributed by atoms with Crippen LogP contribution in [-0.4, -0.2) is 26.2 Å². The van der Waals surface area contributed by atoms with Gasteiger partial charge < -0.3 is 4.74 Å². The van der Waals surface area contributed by atoms with Gasteiger partial charge in [-0.1, -0.05) is 62.7 Å². The molecule has 1 aromatic heterocycles. The number of aromatic amines is 1. The first-order chi connectivity index (χ1) is 12.7. The number of rotatable bonds is 5. The smallest absolute Gasteiger partial charge is 0.179 e. The second-order valence-electron chi connectivity index (χ2n) is 6.65. The molecule has 0 bridgehead atoms. The van der Waals surface area contributed by atoms with Crippen LogP contribution >= 0.6 is 0 Å². The highest BCUT2D eigenvalue weighted by Crippen LogP contribution is 2.42. The largest absolute Gasteiger partial charge is 0.483 e. The molecule has 3 aromatic rings. The van der Waals surface area contributed by atoms with E-state index in [2.05, 4.69) is 70.9 Å². The Morgan fingerprint density at radius 1 is 1.00 bits per heavy atom. The van der Waals surface area contributed by atoms with E-state index in [0.29, 0.717) is 5.82 Å². The number of ether oxygens (including phenoxy) is 1. The molecule has 26 heavy (non-hydrogen) atoms. The number of fused-ring (bicyclic) bond motifs is 1. The molecule has 0 fully saturated rings. The summed E-state index contributed by atoms with van der Waals surface area (Å²) >= 11 is 0. The lowest BCUT2D eigenvalue weighted by Crippen LogP contribution is -2.35. The summed E-state index contributed by atoms with van der Waals surface area (Å²) in [6.07, 6.45) is 5.34. The molecule has 5 nitrogen and oxygen atoms in total. The number of hydrogen-bond donors (Lipinski definition) is 1. The fourth-order valence-electron chi connectivity index (χ4n) is 3.59. The third-order valence-electron chi connectivity index (χ3n) is 4.98. The van der Waals surface area contributed by atoms with Gasteiger partial charge in [0.25, 0.3) is 0 Å². The molecule has 1 atom stereocenters. The molecule has 0 saturated carbocycles. The van der Waals surface area contributed by atoms with Gasteiger partial charge in [0.15, 0.2) is 5.82 Å². The predicted octanol–water partition coefficient (Wildman–Crippen LogP) is 4.64. The first kappa shape index (κ1) is 16.5. The Balaban J connectivity index is 1.79. The van der Waals surface area contributed by atoms with Crippen LogP contribution in [0, 0.1) is 0 Å². The molecule has 1 aliphatic heterocycles. The van der Waals surface area contributed by atoms with E-state index in [1.807, 2.05) is 18.2 Å². The Kier molecular flexibility index (Phi) is 4.29. The van der Waals surface area contributed by atoms with E-state index < -0.39 is 0 Å². The molecule has 0 saturated heterocycles.